The largest absolute Gasteiger partial charge is 0.392 e. The maximum absolute atomic E-state index is 12.3. The molecule has 0 spiro atoms. The third kappa shape index (κ3) is 4.09. The molecule has 7 unspecified atom stereocenters. The minimum atomic E-state index is -0.244. The summed E-state index contributed by atoms with van der Waals surface area (Å²) in [7, 11) is 3.68. The predicted molar refractivity (Wildman–Crippen MR) is 138 cm³/mol. The molecule has 0 aliphatic heterocycles. The third-order valence-corrected chi connectivity index (χ3v) is 10.2. The van der Waals surface area contributed by atoms with Gasteiger partial charge in [0.15, 0.2) is 5.78 Å². The molecule has 7 atom stereocenters. The van der Waals surface area contributed by atoms with Crippen molar-refractivity contribution in [2.75, 3.05) is 27.4 Å². The van der Waals surface area contributed by atoms with E-state index in [1.54, 1.807) is 13.2 Å². The molecular formula is C31H40O4. The number of rotatable bonds is 6. The van der Waals surface area contributed by atoms with Gasteiger partial charge in [-0.25, -0.2) is 0 Å². The van der Waals surface area contributed by atoms with Gasteiger partial charge in [-0.3, -0.25) is 4.79 Å². The summed E-state index contributed by atoms with van der Waals surface area (Å²) in [5.74, 6) is 3.12. The van der Waals surface area contributed by atoms with E-state index in [1.807, 2.05) is 19.3 Å². The molecule has 35 heavy (non-hydrogen) atoms. The van der Waals surface area contributed by atoms with Gasteiger partial charge in [-0.2, -0.15) is 0 Å². The molecule has 4 nitrogen and oxygen atoms in total. The molecular weight excluding hydrogens is 436 g/mol. The van der Waals surface area contributed by atoms with Gasteiger partial charge < -0.3 is 14.6 Å². The van der Waals surface area contributed by atoms with Crippen LogP contribution in [-0.2, 0) is 14.3 Å². The summed E-state index contributed by atoms with van der Waals surface area (Å²) in [6.45, 7) is 3.12. The molecule has 0 aromatic heterocycles. The SMILES string of the molecule is COCC1(OC)CCC2C3CCC4=CC(=O)CCC4C3C(c3ccc(C=C=CCO)cc3)CC21C. The summed E-state index contributed by atoms with van der Waals surface area (Å²) >= 11 is 0. The molecule has 0 saturated heterocycles. The fourth-order valence-electron chi connectivity index (χ4n) is 8.64. The topological polar surface area (TPSA) is 55.8 Å². The Morgan fingerprint density at radius 1 is 1.11 bits per heavy atom. The van der Waals surface area contributed by atoms with Gasteiger partial charge in [0.05, 0.1) is 18.8 Å². The summed E-state index contributed by atoms with van der Waals surface area (Å²) in [6, 6.07) is 8.94. The van der Waals surface area contributed by atoms with E-state index in [2.05, 4.69) is 36.9 Å². The minimum Gasteiger partial charge on any atom is -0.392 e. The van der Waals surface area contributed by atoms with Crippen LogP contribution in [0.5, 0.6) is 0 Å². The number of carbonyl (C=O) groups excluding carboxylic acids is 1. The molecule has 1 N–H and O–H groups in total. The number of aliphatic hydroxyl groups is 1. The van der Waals surface area contributed by atoms with Crippen LogP contribution in [0.15, 0.2) is 47.7 Å². The van der Waals surface area contributed by atoms with Crippen LogP contribution in [0.25, 0.3) is 6.08 Å². The minimum absolute atomic E-state index is 0.00193. The van der Waals surface area contributed by atoms with Crippen molar-refractivity contribution in [3.8, 4) is 0 Å². The van der Waals surface area contributed by atoms with Gasteiger partial charge in [-0.15, -0.1) is 5.73 Å². The molecule has 0 heterocycles. The van der Waals surface area contributed by atoms with Gasteiger partial charge in [-0.05, 0) is 97.5 Å². The number of aliphatic hydroxyl groups excluding tert-OH is 1. The van der Waals surface area contributed by atoms with Gasteiger partial charge in [0.25, 0.3) is 0 Å². The molecule has 5 rings (SSSR count). The average Bonchev–Trinajstić information content (AvgIpc) is 3.16. The second-order valence-electron chi connectivity index (χ2n) is 11.5. The smallest absolute Gasteiger partial charge is 0.155 e. The van der Waals surface area contributed by atoms with Crippen LogP contribution in [0.1, 0.15) is 68.9 Å². The third-order valence-electron chi connectivity index (χ3n) is 10.2. The van der Waals surface area contributed by atoms with E-state index in [9.17, 15) is 4.79 Å². The lowest BCUT2D eigenvalue weighted by Gasteiger charge is -2.59. The number of benzene rings is 1. The second kappa shape index (κ2) is 9.82. The van der Waals surface area contributed by atoms with Crippen molar-refractivity contribution in [2.24, 2.45) is 29.1 Å². The van der Waals surface area contributed by atoms with Crippen LogP contribution in [0.2, 0.25) is 0 Å². The molecule has 4 heteroatoms. The monoisotopic (exact) mass is 476 g/mol. The summed E-state index contributed by atoms with van der Waals surface area (Å²) in [4.78, 5) is 12.3. The van der Waals surface area contributed by atoms with Gasteiger partial charge in [-0.1, -0.05) is 36.8 Å². The van der Waals surface area contributed by atoms with E-state index >= 15 is 0 Å². The van der Waals surface area contributed by atoms with E-state index in [1.165, 1.54) is 24.0 Å². The van der Waals surface area contributed by atoms with Gasteiger partial charge >= 0.3 is 0 Å². The molecule has 4 aliphatic rings. The first-order chi connectivity index (χ1) is 17.0. The van der Waals surface area contributed by atoms with E-state index in [-0.39, 0.29) is 17.6 Å². The molecule has 1 aromatic carbocycles. The summed E-state index contributed by atoms with van der Waals surface area (Å²) in [6.07, 6.45) is 12.8. The summed E-state index contributed by atoms with van der Waals surface area (Å²) < 4.78 is 12.1. The Kier molecular flexibility index (Phi) is 6.94. The Bertz CT molecular complexity index is 1030. The van der Waals surface area contributed by atoms with E-state index in [4.69, 9.17) is 14.6 Å². The first-order valence-electron chi connectivity index (χ1n) is 13.4. The normalized spacial score (nSPS) is 38.0. The van der Waals surface area contributed by atoms with Crippen LogP contribution in [-0.4, -0.2) is 43.9 Å². The highest BCUT2D eigenvalue weighted by atomic mass is 16.5. The van der Waals surface area contributed by atoms with Crippen molar-refractivity contribution in [1.82, 2.24) is 0 Å². The lowest BCUT2D eigenvalue weighted by Crippen LogP contribution is -2.57. The summed E-state index contributed by atoms with van der Waals surface area (Å²) in [5, 5.41) is 9.00. The van der Waals surface area contributed by atoms with Crippen LogP contribution in [0.3, 0.4) is 0 Å². The number of allylic oxidation sites excluding steroid dienone is 1. The number of carbonyl (C=O) groups is 1. The number of ether oxygens (including phenoxy) is 2. The fraction of sp³-hybridized carbons (Fsp3) is 0.613. The fourth-order valence-corrected chi connectivity index (χ4v) is 8.64. The van der Waals surface area contributed by atoms with Crippen molar-refractivity contribution in [2.45, 2.75) is 63.4 Å². The first kappa shape index (κ1) is 24.7. The Morgan fingerprint density at radius 3 is 2.63 bits per heavy atom. The van der Waals surface area contributed by atoms with Gasteiger partial charge in [0.2, 0.25) is 0 Å². The van der Waals surface area contributed by atoms with Crippen molar-refractivity contribution >= 4 is 11.9 Å². The Balaban J connectivity index is 1.56. The molecule has 0 radical (unpaired) electrons. The molecule has 4 aliphatic carbocycles. The van der Waals surface area contributed by atoms with Crippen LogP contribution in [0, 0.1) is 29.1 Å². The van der Waals surface area contributed by atoms with Gasteiger partial charge in [0.1, 0.15) is 0 Å². The Labute approximate surface area is 210 Å². The van der Waals surface area contributed by atoms with E-state index < -0.39 is 0 Å². The average molecular weight is 477 g/mol. The van der Waals surface area contributed by atoms with Crippen LogP contribution in [0.4, 0.5) is 0 Å². The maximum atomic E-state index is 12.3. The molecule has 3 saturated carbocycles. The highest BCUT2D eigenvalue weighted by molar-refractivity contribution is 5.91. The molecule has 0 bridgehead atoms. The quantitative estimate of drug-likeness (QED) is 0.534. The zero-order valence-corrected chi connectivity index (χ0v) is 21.5. The van der Waals surface area contributed by atoms with Crippen LogP contribution < -0.4 is 0 Å². The van der Waals surface area contributed by atoms with E-state index in [0.29, 0.717) is 48.4 Å². The number of fused-ring (bicyclic) bond motifs is 5. The number of methoxy groups -OCH3 is 2. The zero-order valence-electron chi connectivity index (χ0n) is 21.5. The highest BCUT2D eigenvalue weighted by Gasteiger charge is 2.65. The van der Waals surface area contributed by atoms with Crippen molar-refractivity contribution < 1.29 is 19.4 Å². The molecule has 0 amide bonds. The predicted octanol–water partition coefficient (Wildman–Crippen LogP) is 5.71. The molecule has 188 valence electrons. The Morgan fingerprint density at radius 2 is 1.91 bits per heavy atom. The van der Waals surface area contributed by atoms with Crippen LogP contribution >= 0.6 is 0 Å². The lowest BCUT2D eigenvalue weighted by atomic mass is 9.46. The number of hydrogen-bond acceptors (Lipinski definition) is 4. The first-order valence-corrected chi connectivity index (χ1v) is 13.4. The maximum Gasteiger partial charge on any atom is 0.155 e. The van der Waals surface area contributed by atoms with E-state index in [0.717, 1.165) is 31.2 Å². The molecule has 3 fully saturated rings. The number of ketones is 1. The molecule has 1 aromatic rings. The Hall–Kier alpha value is -1.97. The highest BCUT2D eigenvalue weighted by Crippen LogP contribution is 2.68. The number of hydrogen-bond donors (Lipinski definition) is 1. The standard InChI is InChI=1S/C31H40O4/c1-30-19-27(22-9-7-21(8-10-22)6-4-5-17-32)29-25-14-12-24(33)18-23(25)11-13-26(29)28(30)15-16-31(30,35-3)20-34-2/h5-10,18,25-29,32H,11-17,19-20H2,1-3H3. The van der Waals surface area contributed by atoms with Gasteiger partial charge in [0, 0.05) is 26.1 Å². The van der Waals surface area contributed by atoms with Crippen molar-refractivity contribution in [3.63, 3.8) is 0 Å². The second-order valence-corrected chi connectivity index (χ2v) is 11.5. The zero-order chi connectivity index (χ0) is 24.6. The summed E-state index contributed by atoms with van der Waals surface area (Å²) in [5.41, 5.74) is 6.75. The van der Waals surface area contributed by atoms with Crippen molar-refractivity contribution in [3.05, 3.63) is 58.8 Å². The lowest BCUT2D eigenvalue weighted by molar-refractivity contribution is -0.167. The van der Waals surface area contributed by atoms with Crippen molar-refractivity contribution in [1.29, 1.82) is 0 Å².